The number of hydrogen-bond acceptors (Lipinski definition) is 4. The summed E-state index contributed by atoms with van der Waals surface area (Å²) in [7, 11) is 0. The van der Waals surface area contributed by atoms with Crippen LogP contribution in [-0.4, -0.2) is 24.6 Å². The van der Waals surface area contributed by atoms with Crippen LogP contribution >= 0.6 is 0 Å². The van der Waals surface area contributed by atoms with Gasteiger partial charge in [0.05, 0.1) is 12.1 Å². The number of nitrogens with one attached hydrogen (secondary N) is 1. The molecular formula is C23H21N3O3. The Labute approximate surface area is 169 Å². The average molecular weight is 387 g/mol. The van der Waals surface area contributed by atoms with Crippen LogP contribution in [0, 0.1) is 0 Å². The maximum absolute atomic E-state index is 12.8. The number of nitrogens with zero attached hydrogens (tertiary/aromatic N) is 1. The van der Waals surface area contributed by atoms with Crippen LogP contribution in [0.1, 0.15) is 22.6 Å². The molecule has 0 saturated carbocycles. The predicted molar refractivity (Wildman–Crippen MR) is 112 cm³/mol. The minimum Gasteiger partial charge on any atom is -0.484 e. The van der Waals surface area contributed by atoms with Crippen LogP contribution in [0.5, 0.6) is 5.75 Å². The molecule has 146 valence electrons. The molecule has 3 N–H and O–H groups in total. The molecule has 29 heavy (non-hydrogen) atoms. The summed E-state index contributed by atoms with van der Waals surface area (Å²) in [6, 6.07) is 26.1. The van der Waals surface area contributed by atoms with Gasteiger partial charge in [-0.1, -0.05) is 60.7 Å². The molecule has 3 aromatic carbocycles. The van der Waals surface area contributed by atoms with Crippen LogP contribution in [0.3, 0.4) is 0 Å². The van der Waals surface area contributed by atoms with Gasteiger partial charge >= 0.3 is 0 Å². The molecule has 0 saturated heterocycles. The molecule has 3 aromatic rings. The van der Waals surface area contributed by atoms with Gasteiger partial charge in [0.25, 0.3) is 11.8 Å². The molecule has 0 aromatic heterocycles. The number of primary amides is 1. The van der Waals surface area contributed by atoms with Gasteiger partial charge in [0, 0.05) is 0 Å². The van der Waals surface area contributed by atoms with E-state index < -0.39 is 11.8 Å². The second-order valence-electron chi connectivity index (χ2n) is 6.31. The van der Waals surface area contributed by atoms with Crippen LogP contribution in [0.15, 0.2) is 90.0 Å². The fourth-order valence-electron chi connectivity index (χ4n) is 2.83. The second kappa shape index (κ2) is 9.85. The molecule has 0 bridgehead atoms. The average Bonchev–Trinajstić information content (AvgIpc) is 2.75. The number of carbonyl (C=O) groups excluding carboxylic acids is 2. The van der Waals surface area contributed by atoms with Crippen LogP contribution in [-0.2, 0) is 9.59 Å². The summed E-state index contributed by atoms with van der Waals surface area (Å²) < 4.78 is 5.21. The number of hydrazone groups is 1. The Morgan fingerprint density at radius 3 is 1.97 bits per heavy atom. The third-order valence-corrected chi connectivity index (χ3v) is 4.18. The van der Waals surface area contributed by atoms with E-state index in [1.54, 1.807) is 30.5 Å². The Kier molecular flexibility index (Phi) is 6.73. The summed E-state index contributed by atoms with van der Waals surface area (Å²) in [4.78, 5) is 23.6. The van der Waals surface area contributed by atoms with Crippen molar-refractivity contribution in [3.05, 3.63) is 102 Å². The Hall–Kier alpha value is -3.93. The molecule has 0 heterocycles. The van der Waals surface area contributed by atoms with E-state index in [9.17, 15) is 9.59 Å². The van der Waals surface area contributed by atoms with Crippen LogP contribution < -0.4 is 15.9 Å². The molecule has 6 nitrogen and oxygen atoms in total. The zero-order valence-corrected chi connectivity index (χ0v) is 15.7. The molecule has 6 heteroatoms. The lowest BCUT2D eigenvalue weighted by molar-refractivity contribution is -0.122. The van der Waals surface area contributed by atoms with Gasteiger partial charge in [0.15, 0.2) is 6.61 Å². The molecule has 0 aliphatic rings. The third kappa shape index (κ3) is 5.77. The van der Waals surface area contributed by atoms with Crippen molar-refractivity contribution in [2.24, 2.45) is 10.8 Å². The highest BCUT2D eigenvalue weighted by Gasteiger charge is 2.22. The Bertz CT molecular complexity index is 932. The van der Waals surface area contributed by atoms with Gasteiger partial charge in [-0.15, -0.1) is 0 Å². The second-order valence-corrected chi connectivity index (χ2v) is 6.31. The maximum Gasteiger partial charge on any atom is 0.255 e. The lowest BCUT2D eigenvalue weighted by Gasteiger charge is -2.16. The van der Waals surface area contributed by atoms with E-state index in [0.29, 0.717) is 5.75 Å². The summed E-state index contributed by atoms with van der Waals surface area (Å²) in [5.74, 6) is -0.692. The third-order valence-electron chi connectivity index (χ3n) is 4.18. The van der Waals surface area contributed by atoms with Gasteiger partial charge in [-0.25, -0.2) is 5.43 Å². The summed E-state index contributed by atoms with van der Waals surface area (Å²) in [5.41, 5.74) is 10.2. The van der Waals surface area contributed by atoms with E-state index in [-0.39, 0.29) is 12.5 Å². The number of nitrogens with two attached hydrogens (primary N) is 1. The van der Waals surface area contributed by atoms with E-state index in [0.717, 1.165) is 16.7 Å². The molecule has 0 aliphatic carbocycles. The van der Waals surface area contributed by atoms with E-state index in [1.807, 2.05) is 60.7 Å². The Morgan fingerprint density at radius 2 is 1.45 bits per heavy atom. The maximum atomic E-state index is 12.8. The van der Waals surface area contributed by atoms with E-state index in [1.165, 1.54) is 0 Å². The summed E-state index contributed by atoms with van der Waals surface area (Å²) in [5, 5.41) is 4.08. The van der Waals surface area contributed by atoms with Gasteiger partial charge < -0.3 is 10.5 Å². The highest BCUT2D eigenvalue weighted by atomic mass is 16.5. The summed E-state index contributed by atoms with van der Waals surface area (Å²) in [6.07, 6.45) is 1.54. The van der Waals surface area contributed by atoms with Gasteiger partial charge in [0.2, 0.25) is 0 Å². The molecule has 0 aliphatic heterocycles. The molecule has 2 amide bonds. The van der Waals surface area contributed by atoms with Crippen molar-refractivity contribution < 1.29 is 14.3 Å². The van der Waals surface area contributed by atoms with Crippen molar-refractivity contribution in [1.29, 1.82) is 0 Å². The molecular weight excluding hydrogens is 366 g/mol. The zero-order valence-electron chi connectivity index (χ0n) is 15.7. The first-order valence-corrected chi connectivity index (χ1v) is 9.07. The standard InChI is InChI=1S/C23H21N3O3/c24-21(27)16-29-20-13-11-17(12-14-20)15-25-26-23(28)22(18-7-3-1-4-8-18)19-9-5-2-6-10-19/h1-15,22H,16H2,(H2,24,27)(H,26,28)/b25-15+. The van der Waals surface area contributed by atoms with Crippen molar-refractivity contribution in [3.8, 4) is 5.75 Å². The van der Waals surface area contributed by atoms with E-state index in [4.69, 9.17) is 10.5 Å². The molecule has 0 radical (unpaired) electrons. The minimum atomic E-state index is -0.537. The van der Waals surface area contributed by atoms with Crippen LogP contribution in [0.2, 0.25) is 0 Å². The predicted octanol–water partition coefficient (Wildman–Crippen LogP) is 2.83. The molecule has 3 rings (SSSR count). The highest BCUT2D eigenvalue weighted by Crippen LogP contribution is 2.24. The van der Waals surface area contributed by atoms with Crippen LogP contribution in [0.25, 0.3) is 0 Å². The van der Waals surface area contributed by atoms with Crippen LogP contribution in [0.4, 0.5) is 0 Å². The van der Waals surface area contributed by atoms with Gasteiger partial charge in [0.1, 0.15) is 5.75 Å². The lowest BCUT2D eigenvalue weighted by atomic mass is 9.91. The van der Waals surface area contributed by atoms with Crippen molar-refractivity contribution in [1.82, 2.24) is 5.43 Å². The van der Waals surface area contributed by atoms with Gasteiger partial charge in [-0.3, -0.25) is 9.59 Å². The number of hydrogen-bond donors (Lipinski definition) is 2. The van der Waals surface area contributed by atoms with E-state index >= 15 is 0 Å². The number of amides is 2. The fourth-order valence-corrected chi connectivity index (χ4v) is 2.83. The van der Waals surface area contributed by atoms with Crippen molar-refractivity contribution in [2.75, 3.05) is 6.61 Å². The largest absolute Gasteiger partial charge is 0.484 e. The van der Waals surface area contributed by atoms with E-state index in [2.05, 4.69) is 10.5 Å². The first-order valence-electron chi connectivity index (χ1n) is 9.07. The quantitative estimate of drug-likeness (QED) is 0.460. The Balaban J connectivity index is 1.68. The topological polar surface area (TPSA) is 93.8 Å². The number of ether oxygens (including phenoxy) is 1. The zero-order chi connectivity index (χ0) is 20.5. The summed E-state index contributed by atoms with van der Waals surface area (Å²) >= 11 is 0. The number of benzene rings is 3. The molecule has 0 fully saturated rings. The normalized spacial score (nSPS) is 10.8. The molecule has 0 spiro atoms. The van der Waals surface area contributed by atoms with Gasteiger partial charge in [-0.2, -0.15) is 5.10 Å². The van der Waals surface area contributed by atoms with Crippen molar-refractivity contribution in [3.63, 3.8) is 0 Å². The molecule has 0 unspecified atom stereocenters. The van der Waals surface area contributed by atoms with Gasteiger partial charge in [-0.05, 0) is 41.0 Å². The first-order chi connectivity index (χ1) is 14.1. The number of carbonyl (C=O) groups is 2. The minimum absolute atomic E-state index is 0.177. The highest BCUT2D eigenvalue weighted by molar-refractivity contribution is 5.88. The molecule has 0 atom stereocenters. The Morgan fingerprint density at radius 1 is 0.897 bits per heavy atom. The smallest absolute Gasteiger partial charge is 0.255 e. The summed E-state index contributed by atoms with van der Waals surface area (Å²) in [6.45, 7) is -0.177. The first kappa shape index (κ1) is 19.8. The van der Waals surface area contributed by atoms with Crippen molar-refractivity contribution >= 4 is 18.0 Å². The lowest BCUT2D eigenvalue weighted by Crippen LogP contribution is -2.26. The monoisotopic (exact) mass is 387 g/mol. The number of rotatable bonds is 8. The SMILES string of the molecule is NC(=O)COc1ccc(/C=N/NC(=O)C(c2ccccc2)c2ccccc2)cc1. The fraction of sp³-hybridized carbons (Fsp3) is 0.0870. The van der Waals surface area contributed by atoms with Crippen molar-refractivity contribution in [2.45, 2.75) is 5.92 Å².